The van der Waals surface area contributed by atoms with Gasteiger partial charge in [-0.1, -0.05) is 84.9 Å². The van der Waals surface area contributed by atoms with Gasteiger partial charge >= 0.3 is 5.66 Å². The van der Waals surface area contributed by atoms with Crippen LogP contribution in [0.4, 0.5) is 17.2 Å². The summed E-state index contributed by atoms with van der Waals surface area (Å²) in [6.45, 7) is 16.7. The first-order valence-electron chi connectivity index (χ1n) is 18.0. The van der Waals surface area contributed by atoms with Crippen LogP contribution in [0.15, 0.2) is 91.0 Å². The Morgan fingerprint density at radius 1 is 0.620 bits per heavy atom. The predicted molar refractivity (Wildman–Crippen MR) is 196 cm³/mol. The van der Waals surface area contributed by atoms with Gasteiger partial charge in [0.25, 0.3) is 11.6 Å². The molecule has 9 heterocycles. The lowest BCUT2D eigenvalue weighted by Gasteiger charge is -2.50. The van der Waals surface area contributed by atoms with Gasteiger partial charge in [0.05, 0.1) is 5.56 Å². The summed E-state index contributed by atoms with van der Waals surface area (Å²) in [5.41, 5.74) is 15.8. The lowest BCUT2D eigenvalue weighted by atomic mass is 9.64. The van der Waals surface area contributed by atoms with Gasteiger partial charge in [-0.3, -0.25) is 0 Å². The fraction of sp³-hybridized carbons (Fsp3) is 0.244. The Balaban J connectivity index is 1.36. The summed E-state index contributed by atoms with van der Waals surface area (Å²) in [6.07, 6.45) is 0. The van der Waals surface area contributed by atoms with Crippen molar-refractivity contribution in [2.45, 2.75) is 70.4 Å². The molecule has 0 bridgehead atoms. The topological polar surface area (TPSA) is 25.2 Å². The van der Waals surface area contributed by atoms with Crippen molar-refractivity contribution in [1.82, 2.24) is 4.57 Å². The number of hydrogen-bond acceptors (Lipinski definition) is 2. The monoisotopic (exact) mass is 648 g/mol. The van der Waals surface area contributed by atoms with E-state index in [0.29, 0.717) is 0 Å². The van der Waals surface area contributed by atoms with Crippen molar-refractivity contribution in [3.63, 3.8) is 0 Å². The van der Waals surface area contributed by atoms with Crippen LogP contribution in [0.2, 0.25) is 0 Å². The first-order chi connectivity index (χ1) is 24.0. The second-order valence-corrected chi connectivity index (χ2v) is 17.4. The molecule has 0 radical (unpaired) electrons. The highest BCUT2D eigenvalue weighted by atomic mass is 16.5. The first kappa shape index (κ1) is 26.4. The first-order valence-corrected chi connectivity index (χ1v) is 18.0. The highest BCUT2D eigenvalue weighted by Gasteiger charge is 2.72. The average molecular weight is 649 g/mol. The Morgan fingerprint density at radius 2 is 1.32 bits per heavy atom. The molecule has 6 aliphatic rings. The number of nitrogens with zero attached hydrogens (tertiary/aromatic N) is 4. The molecule has 7 aromatic rings. The third-order valence-corrected chi connectivity index (χ3v) is 13.4. The molecule has 13 rings (SSSR count). The minimum Gasteiger partial charge on any atom is -0.456 e. The van der Waals surface area contributed by atoms with Crippen LogP contribution in [-0.4, -0.2) is 4.57 Å². The zero-order valence-corrected chi connectivity index (χ0v) is 29.4. The molecular weight excluding hydrogens is 613 g/mol. The van der Waals surface area contributed by atoms with Gasteiger partial charge in [-0.2, -0.15) is 18.6 Å². The van der Waals surface area contributed by atoms with E-state index in [1.165, 1.54) is 95.1 Å². The Kier molecular flexibility index (Phi) is 3.90. The molecule has 0 N–H and O–H groups in total. The number of fused-ring (bicyclic) bond motifs is 5. The molecule has 6 aliphatic heterocycles. The summed E-state index contributed by atoms with van der Waals surface area (Å²) in [5.74, 6) is 4.39. The van der Waals surface area contributed by atoms with Crippen molar-refractivity contribution in [1.29, 1.82) is 0 Å². The van der Waals surface area contributed by atoms with Gasteiger partial charge in [0.1, 0.15) is 33.8 Å². The smallest absolute Gasteiger partial charge is 0.323 e. The van der Waals surface area contributed by atoms with Crippen LogP contribution in [-0.2, 0) is 21.9 Å². The van der Waals surface area contributed by atoms with E-state index in [1.807, 2.05) is 0 Å². The molecule has 0 amide bonds. The van der Waals surface area contributed by atoms with E-state index in [9.17, 15) is 0 Å². The molecule has 1 atom stereocenters. The van der Waals surface area contributed by atoms with Gasteiger partial charge in [-0.25, -0.2) is 0 Å². The van der Waals surface area contributed by atoms with E-state index in [0.717, 1.165) is 11.5 Å². The Morgan fingerprint density at radius 3 is 2.12 bits per heavy atom. The Labute approximate surface area is 290 Å². The second kappa shape index (κ2) is 7.36. The molecular formula is C45H36N4O+2. The highest BCUT2D eigenvalue weighted by molar-refractivity contribution is 6.12. The summed E-state index contributed by atoms with van der Waals surface area (Å²) in [4.78, 5) is 2.65. The minimum atomic E-state index is -0.674. The van der Waals surface area contributed by atoms with Crippen LogP contribution in [0.5, 0.6) is 11.5 Å². The van der Waals surface area contributed by atoms with Gasteiger partial charge in [0.15, 0.2) is 22.6 Å². The van der Waals surface area contributed by atoms with Crippen LogP contribution in [0.3, 0.4) is 0 Å². The molecule has 3 aromatic heterocycles. The van der Waals surface area contributed by atoms with Crippen molar-refractivity contribution < 1.29 is 13.9 Å². The van der Waals surface area contributed by atoms with Crippen LogP contribution >= 0.6 is 0 Å². The molecule has 0 fully saturated rings. The maximum atomic E-state index is 7.16. The number of ether oxygens (including phenoxy) is 1. The summed E-state index contributed by atoms with van der Waals surface area (Å²) in [7, 11) is 0. The molecule has 4 aromatic carbocycles. The van der Waals surface area contributed by atoms with Crippen LogP contribution in [0, 0.1) is 0 Å². The van der Waals surface area contributed by atoms with E-state index in [2.05, 4.69) is 158 Å². The zero-order valence-electron chi connectivity index (χ0n) is 29.4. The number of anilines is 3. The molecule has 0 aliphatic carbocycles. The molecule has 5 heteroatoms. The molecule has 0 saturated heterocycles. The van der Waals surface area contributed by atoms with Crippen molar-refractivity contribution in [3.05, 3.63) is 130 Å². The maximum absolute atomic E-state index is 7.16. The van der Waals surface area contributed by atoms with Crippen molar-refractivity contribution in [2.75, 3.05) is 4.90 Å². The van der Waals surface area contributed by atoms with Gasteiger partial charge in [-0.15, -0.1) is 0 Å². The van der Waals surface area contributed by atoms with Gasteiger partial charge in [0, 0.05) is 44.4 Å². The number of hydrogen-bond donors (Lipinski definition) is 0. The summed E-state index contributed by atoms with van der Waals surface area (Å²) in [6, 6.07) is 34.9. The Hall–Kier alpha value is -5.42. The SMILES string of the molecule is CC(C)(C)c1cc2[n+]3c(c1)-n1c4ccccc4c4ccc5c(c41)C31c3c(ccc4c3N3c6c(cccc6C(C)(C)c6ccc-2[n+]1c63)C4(C)C)O5. The van der Waals surface area contributed by atoms with Gasteiger partial charge in [0.2, 0.25) is 0 Å². The average Bonchev–Trinajstić information content (AvgIpc) is 3.59. The van der Waals surface area contributed by atoms with Crippen molar-refractivity contribution in [3.8, 4) is 28.7 Å². The molecule has 240 valence electrons. The maximum Gasteiger partial charge on any atom is 0.323 e. The number of pyridine rings is 2. The second-order valence-electron chi connectivity index (χ2n) is 17.4. The van der Waals surface area contributed by atoms with E-state index in [4.69, 9.17) is 4.74 Å². The molecule has 1 unspecified atom stereocenters. The van der Waals surface area contributed by atoms with Crippen molar-refractivity contribution >= 4 is 39.0 Å². The van der Waals surface area contributed by atoms with Gasteiger partial charge < -0.3 is 4.74 Å². The summed E-state index contributed by atoms with van der Waals surface area (Å²) in [5, 5.41) is 2.55. The van der Waals surface area contributed by atoms with Gasteiger partial charge in [-0.05, 0) is 59.5 Å². The van der Waals surface area contributed by atoms with Crippen LogP contribution < -0.4 is 18.8 Å². The fourth-order valence-corrected chi connectivity index (χ4v) is 11.1. The molecule has 0 saturated carbocycles. The largest absolute Gasteiger partial charge is 0.456 e. The molecule has 50 heavy (non-hydrogen) atoms. The standard InChI is InChI=1S/C45H36N4O/c1-42(2,3)23-21-32-31-18-16-29-41-47-39-26(12-10-13-27(39)44(29,6)7)43(4,5)28-17-20-34-37(40(28)47)45(49(31)41)36-33(50-34)19-15-25-24-11-8-9-14-30(24)46(38(25)36)35(22-23)48(32)45/h8-22H,1-7H3/q+2. The fourth-order valence-electron chi connectivity index (χ4n) is 11.1. The lowest BCUT2D eigenvalue weighted by molar-refractivity contribution is -0.932. The third-order valence-electron chi connectivity index (χ3n) is 13.4. The van der Waals surface area contributed by atoms with E-state index < -0.39 is 5.66 Å². The highest BCUT2D eigenvalue weighted by Crippen LogP contribution is 2.67. The zero-order chi connectivity index (χ0) is 33.6. The third kappa shape index (κ3) is 2.36. The number of rotatable bonds is 0. The molecule has 1 spiro atoms. The number of para-hydroxylation sites is 2. The van der Waals surface area contributed by atoms with E-state index >= 15 is 0 Å². The van der Waals surface area contributed by atoms with Crippen LogP contribution in [0.1, 0.15) is 87.4 Å². The van der Waals surface area contributed by atoms with E-state index in [1.54, 1.807) is 0 Å². The quantitative estimate of drug-likeness (QED) is 0.153. The summed E-state index contributed by atoms with van der Waals surface area (Å²) < 4.78 is 15.1. The lowest BCUT2D eigenvalue weighted by Crippen LogP contribution is -2.76. The van der Waals surface area contributed by atoms with E-state index in [-0.39, 0.29) is 16.2 Å². The number of aromatic nitrogens is 3. The molecule has 5 nitrogen and oxygen atoms in total. The van der Waals surface area contributed by atoms with Crippen molar-refractivity contribution in [2.24, 2.45) is 0 Å². The predicted octanol–water partition coefficient (Wildman–Crippen LogP) is 9.42. The summed E-state index contributed by atoms with van der Waals surface area (Å²) >= 11 is 0. The normalized spacial score (nSPS) is 20.4. The van der Waals surface area contributed by atoms with Crippen LogP contribution in [0.25, 0.3) is 39.0 Å². The Bertz CT molecular complexity index is 2880. The minimum absolute atomic E-state index is 0.0496. The number of benzene rings is 4.